The van der Waals surface area contributed by atoms with Gasteiger partial charge in [-0.25, -0.2) is 4.98 Å². The van der Waals surface area contributed by atoms with Crippen molar-refractivity contribution in [2.24, 2.45) is 0 Å². The van der Waals surface area contributed by atoms with E-state index in [2.05, 4.69) is 10.3 Å². The summed E-state index contributed by atoms with van der Waals surface area (Å²) in [5.41, 5.74) is 0.739. The first kappa shape index (κ1) is 16.7. The van der Waals surface area contributed by atoms with Crippen LogP contribution in [0.2, 0.25) is 10.0 Å². The van der Waals surface area contributed by atoms with Crippen LogP contribution in [0.5, 0.6) is 0 Å². The van der Waals surface area contributed by atoms with Gasteiger partial charge in [0.2, 0.25) is 0 Å². The highest BCUT2D eigenvalue weighted by molar-refractivity contribution is 7.17. The standard InChI is InChI=1S/C14H13Cl2N3O2S/c1-7-11(13(21)19(2)3)22-14(17-7)18-12(20)10-8(15)5-4-6-9(10)16/h4-6H,1-3H3,(H,17,18,20). The van der Waals surface area contributed by atoms with Gasteiger partial charge >= 0.3 is 0 Å². The SMILES string of the molecule is Cc1nc(NC(=O)c2c(Cl)cccc2Cl)sc1C(=O)N(C)C. The molecule has 1 heterocycles. The van der Waals surface area contributed by atoms with Crippen molar-refractivity contribution in [2.45, 2.75) is 6.92 Å². The van der Waals surface area contributed by atoms with Gasteiger partial charge in [0.05, 0.1) is 21.3 Å². The van der Waals surface area contributed by atoms with Crippen LogP contribution in [-0.2, 0) is 0 Å². The molecule has 116 valence electrons. The maximum atomic E-state index is 12.3. The van der Waals surface area contributed by atoms with Gasteiger partial charge in [0.1, 0.15) is 4.88 Å². The van der Waals surface area contributed by atoms with Gasteiger partial charge in [-0.15, -0.1) is 0 Å². The summed E-state index contributed by atoms with van der Waals surface area (Å²) < 4.78 is 0. The Morgan fingerprint density at radius 3 is 2.36 bits per heavy atom. The monoisotopic (exact) mass is 357 g/mol. The van der Waals surface area contributed by atoms with E-state index in [0.717, 1.165) is 11.3 Å². The predicted molar refractivity (Wildman–Crippen MR) is 89.3 cm³/mol. The fourth-order valence-corrected chi connectivity index (χ4v) is 3.28. The summed E-state index contributed by atoms with van der Waals surface area (Å²) in [4.78, 5) is 30.4. The average Bonchev–Trinajstić information content (AvgIpc) is 2.78. The Morgan fingerprint density at radius 1 is 1.23 bits per heavy atom. The summed E-state index contributed by atoms with van der Waals surface area (Å²) in [6.07, 6.45) is 0. The Labute approximate surface area is 141 Å². The second kappa shape index (κ2) is 6.64. The predicted octanol–water partition coefficient (Wildman–Crippen LogP) is 3.71. The van der Waals surface area contributed by atoms with E-state index in [1.807, 2.05) is 0 Å². The molecule has 0 saturated heterocycles. The first-order valence-electron chi connectivity index (χ1n) is 6.25. The smallest absolute Gasteiger partial charge is 0.265 e. The van der Waals surface area contributed by atoms with Gasteiger partial charge in [-0.1, -0.05) is 40.6 Å². The fourth-order valence-electron chi connectivity index (χ4n) is 1.73. The number of anilines is 1. The van der Waals surface area contributed by atoms with Crippen LogP contribution in [0.1, 0.15) is 25.7 Å². The van der Waals surface area contributed by atoms with Crippen molar-refractivity contribution in [3.05, 3.63) is 44.4 Å². The molecular formula is C14H13Cl2N3O2S. The van der Waals surface area contributed by atoms with E-state index >= 15 is 0 Å². The summed E-state index contributed by atoms with van der Waals surface area (Å²) >= 11 is 13.1. The van der Waals surface area contributed by atoms with Crippen molar-refractivity contribution in [3.63, 3.8) is 0 Å². The van der Waals surface area contributed by atoms with Crippen molar-refractivity contribution in [2.75, 3.05) is 19.4 Å². The van der Waals surface area contributed by atoms with Gasteiger partial charge in [0, 0.05) is 14.1 Å². The second-order valence-electron chi connectivity index (χ2n) is 4.68. The summed E-state index contributed by atoms with van der Waals surface area (Å²) in [7, 11) is 3.31. The molecule has 22 heavy (non-hydrogen) atoms. The van der Waals surface area contributed by atoms with Crippen LogP contribution in [0.15, 0.2) is 18.2 Å². The van der Waals surface area contributed by atoms with Crippen LogP contribution < -0.4 is 5.32 Å². The highest BCUT2D eigenvalue weighted by atomic mass is 35.5. The topological polar surface area (TPSA) is 62.3 Å². The van der Waals surface area contributed by atoms with Crippen molar-refractivity contribution in [1.29, 1.82) is 0 Å². The van der Waals surface area contributed by atoms with Crippen LogP contribution in [0.25, 0.3) is 0 Å². The van der Waals surface area contributed by atoms with E-state index in [1.54, 1.807) is 39.2 Å². The van der Waals surface area contributed by atoms with E-state index in [1.165, 1.54) is 4.90 Å². The maximum absolute atomic E-state index is 12.3. The van der Waals surface area contributed by atoms with E-state index in [9.17, 15) is 9.59 Å². The maximum Gasteiger partial charge on any atom is 0.265 e. The average molecular weight is 358 g/mol. The Bertz CT molecular complexity index is 723. The first-order valence-corrected chi connectivity index (χ1v) is 7.83. The molecule has 0 aliphatic carbocycles. The third kappa shape index (κ3) is 3.40. The molecule has 0 aliphatic heterocycles. The van der Waals surface area contributed by atoms with Gasteiger partial charge in [-0.2, -0.15) is 0 Å². The zero-order chi connectivity index (χ0) is 16.4. The second-order valence-corrected chi connectivity index (χ2v) is 6.50. The molecule has 5 nitrogen and oxygen atoms in total. The van der Waals surface area contributed by atoms with Crippen LogP contribution in [0.3, 0.4) is 0 Å². The van der Waals surface area contributed by atoms with Crippen LogP contribution in [0, 0.1) is 6.92 Å². The number of carbonyl (C=O) groups is 2. The van der Waals surface area contributed by atoms with E-state index in [-0.39, 0.29) is 21.5 Å². The molecule has 1 N–H and O–H groups in total. The lowest BCUT2D eigenvalue weighted by atomic mass is 10.2. The molecule has 8 heteroatoms. The molecule has 0 saturated carbocycles. The molecule has 2 aromatic rings. The number of hydrogen-bond acceptors (Lipinski definition) is 4. The first-order chi connectivity index (χ1) is 10.3. The third-order valence-electron chi connectivity index (χ3n) is 2.81. The minimum atomic E-state index is -0.465. The summed E-state index contributed by atoms with van der Waals surface area (Å²) in [6.45, 7) is 1.71. The van der Waals surface area contributed by atoms with E-state index < -0.39 is 5.91 Å². The largest absolute Gasteiger partial charge is 0.344 e. The number of benzene rings is 1. The lowest BCUT2D eigenvalue weighted by Gasteiger charge is -2.08. The quantitative estimate of drug-likeness (QED) is 0.910. The van der Waals surface area contributed by atoms with Crippen molar-refractivity contribution in [3.8, 4) is 0 Å². The number of amides is 2. The number of aryl methyl sites for hydroxylation is 1. The zero-order valence-corrected chi connectivity index (χ0v) is 14.4. The number of halogens is 2. The number of nitrogens with zero attached hydrogens (tertiary/aromatic N) is 2. The molecule has 0 radical (unpaired) electrons. The molecule has 0 bridgehead atoms. The minimum absolute atomic E-state index is 0.161. The number of thiazole rings is 1. The van der Waals surface area contributed by atoms with Gasteiger partial charge in [-0.3, -0.25) is 14.9 Å². The number of hydrogen-bond donors (Lipinski definition) is 1. The number of nitrogens with one attached hydrogen (secondary N) is 1. The number of aromatic nitrogens is 1. The highest BCUT2D eigenvalue weighted by Gasteiger charge is 2.20. The molecule has 0 aliphatic rings. The minimum Gasteiger partial charge on any atom is -0.344 e. The van der Waals surface area contributed by atoms with Crippen molar-refractivity contribution >= 4 is 51.5 Å². The Hall–Kier alpha value is -1.63. The van der Waals surface area contributed by atoms with Crippen molar-refractivity contribution < 1.29 is 9.59 Å². The molecule has 1 aromatic carbocycles. The van der Waals surface area contributed by atoms with Gasteiger partial charge in [0.15, 0.2) is 5.13 Å². The molecule has 0 atom stereocenters. The Balaban J connectivity index is 2.27. The van der Waals surface area contributed by atoms with Crippen molar-refractivity contribution in [1.82, 2.24) is 9.88 Å². The summed E-state index contributed by atoms with van der Waals surface area (Å²) in [6, 6.07) is 4.82. The normalized spacial score (nSPS) is 10.4. The van der Waals surface area contributed by atoms with Crippen LogP contribution in [-0.4, -0.2) is 35.8 Å². The van der Waals surface area contributed by atoms with E-state index in [4.69, 9.17) is 23.2 Å². The molecule has 2 amide bonds. The number of carbonyl (C=O) groups excluding carboxylic acids is 2. The molecule has 1 aromatic heterocycles. The van der Waals surface area contributed by atoms with Gasteiger partial charge in [-0.05, 0) is 19.1 Å². The van der Waals surface area contributed by atoms with Crippen LogP contribution >= 0.6 is 34.5 Å². The summed E-state index contributed by atoms with van der Waals surface area (Å²) in [5, 5.41) is 3.45. The van der Waals surface area contributed by atoms with Gasteiger partial charge < -0.3 is 4.90 Å². The molecule has 0 spiro atoms. The van der Waals surface area contributed by atoms with E-state index in [0.29, 0.717) is 15.7 Å². The van der Waals surface area contributed by atoms with Gasteiger partial charge in [0.25, 0.3) is 11.8 Å². The molecule has 0 fully saturated rings. The molecule has 0 unspecified atom stereocenters. The molecular weight excluding hydrogens is 345 g/mol. The lowest BCUT2D eigenvalue weighted by molar-refractivity contribution is 0.0831. The molecule has 2 rings (SSSR count). The fraction of sp³-hybridized carbons (Fsp3) is 0.214. The Kier molecular flexibility index (Phi) is 5.05. The summed E-state index contributed by atoms with van der Waals surface area (Å²) in [5.74, 6) is -0.625. The zero-order valence-electron chi connectivity index (χ0n) is 12.1. The Morgan fingerprint density at radius 2 is 1.82 bits per heavy atom. The van der Waals surface area contributed by atoms with Crippen LogP contribution in [0.4, 0.5) is 5.13 Å². The lowest BCUT2D eigenvalue weighted by Crippen LogP contribution is -2.21. The highest BCUT2D eigenvalue weighted by Crippen LogP contribution is 2.28. The third-order valence-corrected chi connectivity index (χ3v) is 4.50. The number of rotatable bonds is 3.